The van der Waals surface area contributed by atoms with Crippen molar-refractivity contribution in [2.45, 2.75) is 32.2 Å². The second-order valence-electron chi connectivity index (χ2n) is 5.09. The standard InChI is InChI=1S/C12H22N2O2/c1-9-6-10(8-13-7-9)12(15)14-11-2-4-16-5-3-11/h9-11,13H,2-8H2,1H3,(H,14,15). The lowest BCUT2D eigenvalue weighted by Gasteiger charge is -2.30. The first kappa shape index (κ1) is 11.9. The highest BCUT2D eigenvalue weighted by atomic mass is 16.5. The Morgan fingerprint density at radius 2 is 2.06 bits per heavy atom. The number of amides is 1. The van der Waals surface area contributed by atoms with Crippen LogP contribution in [-0.4, -0.2) is 38.3 Å². The smallest absolute Gasteiger partial charge is 0.224 e. The van der Waals surface area contributed by atoms with Crippen LogP contribution in [0, 0.1) is 11.8 Å². The first-order chi connectivity index (χ1) is 7.75. The normalized spacial score (nSPS) is 32.3. The van der Waals surface area contributed by atoms with Gasteiger partial charge in [-0.05, 0) is 31.7 Å². The Morgan fingerprint density at radius 1 is 1.31 bits per heavy atom. The summed E-state index contributed by atoms with van der Waals surface area (Å²) >= 11 is 0. The summed E-state index contributed by atoms with van der Waals surface area (Å²) < 4.78 is 5.28. The van der Waals surface area contributed by atoms with E-state index in [1.54, 1.807) is 0 Å². The fourth-order valence-electron chi connectivity index (χ4n) is 2.52. The summed E-state index contributed by atoms with van der Waals surface area (Å²) in [6.45, 7) is 5.63. The SMILES string of the molecule is CC1CNCC(C(=O)NC2CCOCC2)C1. The lowest BCUT2D eigenvalue weighted by atomic mass is 9.91. The predicted octanol–water partition coefficient (Wildman–Crippen LogP) is 0.527. The highest BCUT2D eigenvalue weighted by Gasteiger charge is 2.26. The van der Waals surface area contributed by atoms with Crippen molar-refractivity contribution < 1.29 is 9.53 Å². The number of piperidine rings is 1. The summed E-state index contributed by atoms with van der Waals surface area (Å²) in [6, 6.07) is 0.332. The molecule has 2 unspecified atom stereocenters. The molecule has 4 heteroatoms. The average molecular weight is 226 g/mol. The van der Waals surface area contributed by atoms with Gasteiger partial charge in [-0.2, -0.15) is 0 Å². The maximum atomic E-state index is 12.0. The van der Waals surface area contributed by atoms with Crippen molar-refractivity contribution in [3.8, 4) is 0 Å². The monoisotopic (exact) mass is 226 g/mol. The summed E-state index contributed by atoms with van der Waals surface area (Å²) in [6.07, 6.45) is 2.94. The minimum atomic E-state index is 0.159. The second kappa shape index (κ2) is 5.64. The summed E-state index contributed by atoms with van der Waals surface area (Å²) in [5.41, 5.74) is 0. The molecule has 2 atom stereocenters. The molecule has 0 aliphatic carbocycles. The summed E-state index contributed by atoms with van der Waals surface area (Å²) in [5.74, 6) is 0.997. The number of nitrogens with one attached hydrogen (secondary N) is 2. The average Bonchev–Trinajstić information content (AvgIpc) is 2.30. The van der Waals surface area contributed by atoms with Gasteiger partial charge in [0.25, 0.3) is 0 Å². The molecule has 2 aliphatic heterocycles. The van der Waals surface area contributed by atoms with Crippen molar-refractivity contribution in [1.29, 1.82) is 0 Å². The van der Waals surface area contributed by atoms with Crippen LogP contribution < -0.4 is 10.6 Å². The highest BCUT2D eigenvalue weighted by molar-refractivity contribution is 5.79. The molecule has 0 radical (unpaired) electrons. The molecule has 0 spiro atoms. The van der Waals surface area contributed by atoms with Crippen molar-refractivity contribution in [3.05, 3.63) is 0 Å². The molecule has 0 aromatic carbocycles. The van der Waals surface area contributed by atoms with Crippen LogP contribution in [0.5, 0.6) is 0 Å². The van der Waals surface area contributed by atoms with Gasteiger partial charge in [0, 0.05) is 25.8 Å². The van der Waals surface area contributed by atoms with E-state index in [0.717, 1.165) is 45.6 Å². The Morgan fingerprint density at radius 3 is 2.75 bits per heavy atom. The van der Waals surface area contributed by atoms with E-state index in [1.807, 2.05) is 0 Å². The number of carbonyl (C=O) groups excluding carboxylic acids is 1. The molecule has 16 heavy (non-hydrogen) atoms. The van der Waals surface area contributed by atoms with Gasteiger partial charge in [-0.1, -0.05) is 6.92 Å². The summed E-state index contributed by atoms with van der Waals surface area (Å²) in [4.78, 5) is 12.0. The van der Waals surface area contributed by atoms with Crippen molar-refractivity contribution in [1.82, 2.24) is 10.6 Å². The highest BCUT2D eigenvalue weighted by Crippen LogP contribution is 2.16. The molecule has 2 heterocycles. The topological polar surface area (TPSA) is 50.4 Å². The van der Waals surface area contributed by atoms with E-state index < -0.39 is 0 Å². The molecule has 92 valence electrons. The van der Waals surface area contributed by atoms with E-state index >= 15 is 0 Å². The van der Waals surface area contributed by atoms with Crippen molar-refractivity contribution in [2.75, 3.05) is 26.3 Å². The Labute approximate surface area is 97.1 Å². The third-order valence-corrected chi connectivity index (χ3v) is 3.51. The van der Waals surface area contributed by atoms with Crippen LogP contribution in [0.4, 0.5) is 0 Å². The lowest BCUT2D eigenvalue weighted by Crippen LogP contribution is -2.47. The van der Waals surface area contributed by atoms with Gasteiger partial charge in [-0.3, -0.25) is 4.79 Å². The van der Waals surface area contributed by atoms with Crippen LogP contribution in [0.25, 0.3) is 0 Å². The Hall–Kier alpha value is -0.610. The van der Waals surface area contributed by atoms with Gasteiger partial charge in [0.05, 0.1) is 5.92 Å². The van der Waals surface area contributed by atoms with Gasteiger partial charge in [-0.25, -0.2) is 0 Å². The van der Waals surface area contributed by atoms with E-state index in [2.05, 4.69) is 17.6 Å². The van der Waals surface area contributed by atoms with Crippen molar-refractivity contribution >= 4 is 5.91 Å². The summed E-state index contributed by atoms with van der Waals surface area (Å²) in [5, 5.41) is 6.47. The molecule has 2 aliphatic rings. The molecule has 2 saturated heterocycles. The largest absolute Gasteiger partial charge is 0.381 e. The molecular weight excluding hydrogens is 204 g/mol. The van der Waals surface area contributed by atoms with Gasteiger partial charge in [-0.15, -0.1) is 0 Å². The van der Waals surface area contributed by atoms with Gasteiger partial charge in [0.2, 0.25) is 5.91 Å². The maximum Gasteiger partial charge on any atom is 0.224 e. The lowest BCUT2D eigenvalue weighted by molar-refractivity contribution is -0.127. The minimum Gasteiger partial charge on any atom is -0.381 e. The Kier molecular flexibility index (Phi) is 4.18. The zero-order valence-corrected chi connectivity index (χ0v) is 10.00. The minimum absolute atomic E-state index is 0.159. The van der Waals surface area contributed by atoms with Crippen LogP contribution >= 0.6 is 0 Å². The first-order valence-corrected chi connectivity index (χ1v) is 6.34. The Balaban J connectivity index is 1.77. The van der Waals surface area contributed by atoms with E-state index in [9.17, 15) is 4.79 Å². The molecule has 2 rings (SSSR count). The molecule has 2 N–H and O–H groups in total. The third-order valence-electron chi connectivity index (χ3n) is 3.51. The van der Waals surface area contributed by atoms with Crippen LogP contribution in [0.15, 0.2) is 0 Å². The number of rotatable bonds is 2. The van der Waals surface area contributed by atoms with E-state index in [1.165, 1.54) is 0 Å². The van der Waals surface area contributed by atoms with Gasteiger partial charge in [0.1, 0.15) is 0 Å². The molecule has 0 aromatic rings. The van der Waals surface area contributed by atoms with E-state index in [0.29, 0.717) is 12.0 Å². The van der Waals surface area contributed by atoms with E-state index in [-0.39, 0.29) is 11.8 Å². The number of ether oxygens (including phenoxy) is 1. The van der Waals surface area contributed by atoms with Crippen LogP contribution in [0.1, 0.15) is 26.2 Å². The molecule has 2 fully saturated rings. The number of hydrogen-bond donors (Lipinski definition) is 2. The van der Waals surface area contributed by atoms with Gasteiger partial charge < -0.3 is 15.4 Å². The quantitative estimate of drug-likeness (QED) is 0.722. The van der Waals surface area contributed by atoms with Crippen LogP contribution in [0.3, 0.4) is 0 Å². The second-order valence-corrected chi connectivity index (χ2v) is 5.09. The fourth-order valence-corrected chi connectivity index (χ4v) is 2.52. The van der Waals surface area contributed by atoms with Crippen LogP contribution in [-0.2, 0) is 9.53 Å². The van der Waals surface area contributed by atoms with Crippen LogP contribution in [0.2, 0.25) is 0 Å². The molecule has 0 saturated carbocycles. The maximum absolute atomic E-state index is 12.0. The van der Waals surface area contributed by atoms with Crippen molar-refractivity contribution in [2.24, 2.45) is 11.8 Å². The molecular formula is C12H22N2O2. The number of hydrogen-bond acceptors (Lipinski definition) is 3. The van der Waals surface area contributed by atoms with E-state index in [4.69, 9.17) is 4.74 Å². The molecule has 0 aromatic heterocycles. The first-order valence-electron chi connectivity index (χ1n) is 6.34. The summed E-state index contributed by atoms with van der Waals surface area (Å²) in [7, 11) is 0. The molecule has 1 amide bonds. The zero-order chi connectivity index (χ0) is 11.4. The molecule has 0 bridgehead atoms. The third kappa shape index (κ3) is 3.19. The van der Waals surface area contributed by atoms with Gasteiger partial charge >= 0.3 is 0 Å². The number of carbonyl (C=O) groups is 1. The zero-order valence-electron chi connectivity index (χ0n) is 10.00. The van der Waals surface area contributed by atoms with Crippen molar-refractivity contribution in [3.63, 3.8) is 0 Å². The fraction of sp³-hybridized carbons (Fsp3) is 0.917. The molecule has 4 nitrogen and oxygen atoms in total. The Bertz CT molecular complexity index is 239. The van der Waals surface area contributed by atoms with Gasteiger partial charge in [0.15, 0.2) is 0 Å². The predicted molar refractivity (Wildman–Crippen MR) is 62.1 cm³/mol.